The van der Waals surface area contributed by atoms with E-state index in [0.717, 1.165) is 37.1 Å². The van der Waals surface area contributed by atoms with Gasteiger partial charge < -0.3 is 10.2 Å². The van der Waals surface area contributed by atoms with E-state index in [4.69, 9.17) is 12.2 Å². The topological polar surface area (TPSA) is 131 Å². The number of non-ortho nitro benzene ring substituents is 1. The number of nitrogens with zero attached hydrogens (tertiary/aromatic N) is 3. The number of nitro groups is 2. The van der Waals surface area contributed by atoms with Gasteiger partial charge in [-0.1, -0.05) is 0 Å². The Morgan fingerprint density at radius 1 is 1.07 bits per heavy atom. The highest BCUT2D eigenvalue weighted by atomic mass is 32.1. The van der Waals surface area contributed by atoms with Crippen molar-refractivity contribution in [3.05, 3.63) is 68.0 Å². The molecular formula is C18H16FN5O5S. The van der Waals surface area contributed by atoms with Crippen LogP contribution in [0.2, 0.25) is 0 Å². The van der Waals surface area contributed by atoms with Crippen LogP contribution >= 0.6 is 12.2 Å². The Balaban J connectivity index is 1.75. The van der Waals surface area contributed by atoms with Crippen LogP contribution in [0.1, 0.15) is 23.2 Å². The molecule has 1 aliphatic heterocycles. The van der Waals surface area contributed by atoms with Crippen molar-refractivity contribution in [1.29, 1.82) is 0 Å². The maximum atomic E-state index is 13.9. The number of anilines is 2. The highest BCUT2D eigenvalue weighted by Gasteiger charge is 2.24. The molecule has 1 amide bonds. The number of thiocarbonyl (C=S) groups is 1. The van der Waals surface area contributed by atoms with Crippen LogP contribution in [0.15, 0.2) is 36.4 Å². The summed E-state index contributed by atoms with van der Waals surface area (Å²) in [7, 11) is 0. The minimum atomic E-state index is -0.803. The van der Waals surface area contributed by atoms with Gasteiger partial charge in [-0.2, -0.15) is 0 Å². The summed E-state index contributed by atoms with van der Waals surface area (Å²) in [6.45, 7) is 1.41. The lowest BCUT2D eigenvalue weighted by atomic mass is 10.1. The zero-order valence-electron chi connectivity index (χ0n) is 15.5. The van der Waals surface area contributed by atoms with Gasteiger partial charge in [-0.3, -0.25) is 30.3 Å². The minimum Gasteiger partial charge on any atom is -0.366 e. The Kier molecular flexibility index (Phi) is 6.16. The van der Waals surface area contributed by atoms with Crippen molar-refractivity contribution >= 4 is 46.0 Å². The molecule has 10 nitrogen and oxygen atoms in total. The molecule has 0 bridgehead atoms. The smallest absolute Gasteiger partial charge is 0.293 e. The van der Waals surface area contributed by atoms with Crippen LogP contribution in [-0.2, 0) is 0 Å². The number of nitro benzene ring substituents is 2. The molecule has 12 heteroatoms. The van der Waals surface area contributed by atoms with E-state index in [0.29, 0.717) is 18.8 Å². The third kappa shape index (κ3) is 4.66. The summed E-state index contributed by atoms with van der Waals surface area (Å²) < 4.78 is 13.9. The molecule has 0 aliphatic carbocycles. The first-order chi connectivity index (χ1) is 14.3. The Bertz CT molecular complexity index is 1040. The van der Waals surface area contributed by atoms with E-state index in [1.807, 2.05) is 4.90 Å². The molecular weight excluding hydrogens is 417 g/mol. The van der Waals surface area contributed by atoms with E-state index in [-0.39, 0.29) is 27.7 Å². The SMILES string of the molecule is O=C(NC(=S)Nc1cc([N+](=O)[O-])ccc1F)c1ccc(N2CCCC2)c([N+](=O)[O-])c1. The summed E-state index contributed by atoms with van der Waals surface area (Å²) in [4.78, 5) is 35.3. The second kappa shape index (κ2) is 8.78. The summed E-state index contributed by atoms with van der Waals surface area (Å²) in [5, 5.41) is 26.6. The quantitative estimate of drug-likeness (QED) is 0.417. The molecule has 2 aromatic rings. The van der Waals surface area contributed by atoms with E-state index in [1.54, 1.807) is 0 Å². The van der Waals surface area contributed by atoms with E-state index in [1.165, 1.54) is 12.1 Å². The zero-order valence-corrected chi connectivity index (χ0v) is 16.3. The first-order valence-corrected chi connectivity index (χ1v) is 9.27. The predicted molar refractivity (Wildman–Crippen MR) is 111 cm³/mol. The van der Waals surface area contributed by atoms with Gasteiger partial charge in [0, 0.05) is 36.9 Å². The maximum Gasteiger partial charge on any atom is 0.293 e. The summed E-state index contributed by atoms with van der Waals surface area (Å²) in [5.41, 5.74) is -0.416. The second-order valence-electron chi connectivity index (χ2n) is 6.48. The fourth-order valence-electron chi connectivity index (χ4n) is 3.09. The van der Waals surface area contributed by atoms with Crippen molar-refractivity contribution in [2.24, 2.45) is 0 Å². The van der Waals surface area contributed by atoms with Crippen molar-refractivity contribution in [2.45, 2.75) is 12.8 Å². The molecule has 2 N–H and O–H groups in total. The molecule has 0 saturated carbocycles. The first-order valence-electron chi connectivity index (χ1n) is 8.86. The molecule has 1 heterocycles. The molecule has 0 aromatic heterocycles. The van der Waals surface area contributed by atoms with Gasteiger partial charge in [0.25, 0.3) is 17.3 Å². The summed E-state index contributed by atoms with van der Waals surface area (Å²) in [6.07, 6.45) is 1.88. The number of carbonyl (C=O) groups excluding carboxylic acids is 1. The van der Waals surface area contributed by atoms with Gasteiger partial charge in [0.15, 0.2) is 5.11 Å². The monoisotopic (exact) mass is 433 g/mol. The summed E-state index contributed by atoms with van der Waals surface area (Å²) in [5.74, 6) is -1.54. The molecule has 30 heavy (non-hydrogen) atoms. The molecule has 1 aliphatic rings. The van der Waals surface area contributed by atoms with Crippen molar-refractivity contribution in [2.75, 3.05) is 23.3 Å². The van der Waals surface area contributed by atoms with Gasteiger partial charge in [-0.25, -0.2) is 4.39 Å². The zero-order chi connectivity index (χ0) is 21.8. The Hall–Kier alpha value is -3.67. The normalized spacial score (nSPS) is 13.0. The number of rotatable bonds is 5. The third-order valence-electron chi connectivity index (χ3n) is 4.52. The Morgan fingerprint density at radius 2 is 1.77 bits per heavy atom. The number of benzene rings is 2. The number of nitrogens with one attached hydrogen (secondary N) is 2. The molecule has 156 valence electrons. The molecule has 3 rings (SSSR count). The molecule has 0 radical (unpaired) electrons. The number of amides is 1. The molecule has 0 spiro atoms. The average molecular weight is 433 g/mol. The number of halogens is 1. The van der Waals surface area contributed by atoms with Crippen LogP contribution in [-0.4, -0.2) is 34.0 Å². The van der Waals surface area contributed by atoms with Gasteiger partial charge in [-0.05, 0) is 43.3 Å². The Labute approximate surface area is 175 Å². The van der Waals surface area contributed by atoms with Gasteiger partial charge in [0.2, 0.25) is 0 Å². The fourth-order valence-corrected chi connectivity index (χ4v) is 3.29. The number of carbonyl (C=O) groups is 1. The molecule has 2 aromatic carbocycles. The van der Waals surface area contributed by atoms with E-state index in [2.05, 4.69) is 10.6 Å². The summed E-state index contributed by atoms with van der Waals surface area (Å²) in [6, 6.07) is 6.92. The minimum absolute atomic E-state index is 0.00619. The number of hydrogen-bond acceptors (Lipinski definition) is 7. The van der Waals surface area contributed by atoms with Crippen molar-refractivity contribution < 1.29 is 19.0 Å². The van der Waals surface area contributed by atoms with E-state index < -0.39 is 21.6 Å². The highest BCUT2D eigenvalue weighted by molar-refractivity contribution is 7.80. The first kappa shape index (κ1) is 21.0. The van der Waals surface area contributed by atoms with Gasteiger partial charge in [-0.15, -0.1) is 0 Å². The van der Waals surface area contributed by atoms with Crippen molar-refractivity contribution in [1.82, 2.24) is 5.32 Å². The number of hydrogen-bond donors (Lipinski definition) is 2. The van der Waals surface area contributed by atoms with Crippen molar-refractivity contribution in [3.8, 4) is 0 Å². The lowest BCUT2D eigenvalue weighted by Crippen LogP contribution is -2.34. The van der Waals surface area contributed by atoms with E-state index in [9.17, 15) is 29.4 Å². The van der Waals surface area contributed by atoms with Crippen LogP contribution in [0.25, 0.3) is 0 Å². The average Bonchev–Trinajstić information content (AvgIpc) is 3.23. The van der Waals surface area contributed by atoms with Crippen LogP contribution in [0.3, 0.4) is 0 Å². The van der Waals surface area contributed by atoms with Crippen LogP contribution < -0.4 is 15.5 Å². The largest absolute Gasteiger partial charge is 0.366 e. The second-order valence-corrected chi connectivity index (χ2v) is 6.89. The molecule has 0 atom stereocenters. The van der Waals surface area contributed by atoms with Crippen LogP contribution in [0, 0.1) is 26.0 Å². The Morgan fingerprint density at radius 3 is 2.40 bits per heavy atom. The summed E-state index contributed by atoms with van der Waals surface area (Å²) >= 11 is 4.96. The van der Waals surface area contributed by atoms with Crippen LogP contribution in [0.4, 0.5) is 27.1 Å². The van der Waals surface area contributed by atoms with Crippen LogP contribution in [0.5, 0.6) is 0 Å². The highest BCUT2D eigenvalue weighted by Crippen LogP contribution is 2.31. The lowest BCUT2D eigenvalue weighted by molar-refractivity contribution is -0.384. The third-order valence-corrected chi connectivity index (χ3v) is 4.72. The fraction of sp³-hybridized carbons (Fsp3) is 0.222. The predicted octanol–water partition coefficient (Wildman–Crippen LogP) is 3.37. The van der Waals surface area contributed by atoms with Gasteiger partial charge in [0.1, 0.15) is 11.5 Å². The van der Waals surface area contributed by atoms with E-state index >= 15 is 0 Å². The standard InChI is InChI=1S/C18H16FN5O5S/c19-13-5-4-12(23(26)27)10-14(13)20-18(30)21-17(25)11-3-6-15(16(9-11)24(28)29)22-7-1-2-8-22/h3-6,9-10H,1-2,7-8H2,(H2,20,21,25,30). The van der Waals surface area contributed by atoms with Crippen molar-refractivity contribution in [3.63, 3.8) is 0 Å². The molecule has 0 unspecified atom stereocenters. The maximum absolute atomic E-state index is 13.9. The molecule has 1 saturated heterocycles. The van der Waals surface area contributed by atoms with Gasteiger partial charge in [0.05, 0.1) is 15.5 Å². The lowest BCUT2D eigenvalue weighted by Gasteiger charge is -2.18. The molecule has 1 fully saturated rings. The van der Waals surface area contributed by atoms with Gasteiger partial charge >= 0.3 is 0 Å².